The summed E-state index contributed by atoms with van der Waals surface area (Å²) in [4.78, 5) is 14.4. The van der Waals surface area contributed by atoms with Crippen LogP contribution in [0, 0.1) is 5.41 Å². The highest BCUT2D eigenvalue weighted by Gasteiger charge is 2.53. The minimum atomic E-state index is -0.276. The number of carbonyl (C=O) groups is 1. The summed E-state index contributed by atoms with van der Waals surface area (Å²) < 4.78 is 5.98. The molecule has 1 aliphatic heterocycles. The SMILES string of the molecule is CC1(C)CN(C(=O)C2(CN)CC2)CC(C)(C)O1. The van der Waals surface area contributed by atoms with Crippen molar-refractivity contribution in [2.45, 2.75) is 51.7 Å². The molecule has 0 aromatic rings. The molecule has 0 radical (unpaired) electrons. The van der Waals surface area contributed by atoms with Crippen molar-refractivity contribution < 1.29 is 9.53 Å². The summed E-state index contributed by atoms with van der Waals surface area (Å²) in [6.45, 7) is 9.96. The van der Waals surface area contributed by atoms with Gasteiger partial charge in [0.05, 0.1) is 16.6 Å². The van der Waals surface area contributed by atoms with E-state index in [1.807, 2.05) is 32.6 Å². The lowest BCUT2D eigenvalue weighted by Crippen LogP contribution is -2.60. The summed E-state index contributed by atoms with van der Waals surface area (Å²) in [6.07, 6.45) is 1.89. The van der Waals surface area contributed by atoms with Crippen LogP contribution in [-0.2, 0) is 9.53 Å². The predicted molar refractivity (Wildman–Crippen MR) is 66.5 cm³/mol. The topological polar surface area (TPSA) is 55.6 Å². The molecule has 2 rings (SSSR count). The van der Waals surface area contributed by atoms with Crippen LogP contribution in [0.4, 0.5) is 0 Å². The van der Waals surface area contributed by atoms with E-state index in [4.69, 9.17) is 10.5 Å². The molecule has 4 heteroatoms. The first-order valence-electron chi connectivity index (χ1n) is 6.39. The lowest BCUT2D eigenvalue weighted by molar-refractivity contribution is -0.190. The van der Waals surface area contributed by atoms with Gasteiger partial charge in [-0.25, -0.2) is 0 Å². The largest absolute Gasteiger partial charge is 0.366 e. The average molecular weight is 240 g/mol. The van der Waals surface area contributed by atoms with Crippen molar-refractivity contribution in [3.05, 3.63) is 0 Å². The van der Waals surface area contributed by atoms with Crippen LogP contribution in [0.5, 0.6) is 0 Å². The van der Waals surface area contributed by atoms with Gasteiger partial charge in [-0.1, -0.05) is 0 Å². The maximum Gasteiger partial charge on any atom is 0.230 e. The summed E-state index contributed by atoms with van der Waals surface area (Å²) in [5.41, 5.74) is 4.93. The Labute approximate surface area is 103 Å². The molecule has 2 N–H and O–H groups in total. The van der Waals surface area contributed by atoms with E-state index in [-0.39, 0.29) is 22.5 Å². The number of nitrogens with two attached hydrogens (primary N) is 1. The van der Waals surface area contributed by atoms with E-state index >= 15 is 0 Å². The lowest BCUT2D eigenvalue weighted by Gasteiger charge is -2.48. The zero-order valence-electron chi connectivity index (χ0n) is 11.4. The molecule has 4 nitrogen and oxygen atoms in total. The van der Waals surface area contributed by atoms with Crippen LogP contribution >= 0.6 is 0 Å². The third-order valence-corrected chi connectivity index (χ3v) is 3.68. The second-order valence-electron chi connectivity index (χ2n) is 6.77. The minimum Gasteiger partial charge on any atom is -0.366 e. The molecular formula is C13H24N2O2. The van der Waals surface area contributed by atoms with Gasteiger partial charge in [-0.15, -0.1) is 0 Å². The van der Waals surface area contributed by atoms with Crippen molar-refractivity contribution in [1.82, 2.24) is 4.90 Å². The lowest BCUT2D eigenvalue weighted by atomic mass is 9.96. The molecule has 1 heterocycles. The maximum absolute atomic E-state index is 12.5. The van der Waals surface area contributed by atoms with Gasteiger partial charge in [0.15, 0.2) is 0 Å². The number of nitrogens with zero attached hydrogens (tertiary/aromatic N) is 1. The second kappa shape index (κ2) is 3.69. The van der Waals surface area contributed by atoms with E-state index in [2.05, 4.69) is 0 Å². The Hall–Kier alpha value is -0.610. The molecule has 1 saturated carbocycles. The fraction of sp³-hybridized carbons (Fsp3) is 0.923. The van der Waals surface area contributed by atoms with Crippen molar-refractivity contribution in [1.29, 1.82) is 0 Å². The van der Waals surface area contributed by atoms with E-state index in [0.717, 1.165) is 12.8 Å². The highest BCUT2D eigenvalue weighted by atomic mass is 16.5. The molecule has 0 spiro atoms. The van der Waals surface area contributed by atoms with Crippen LogP contribution in [0.1, 0.15) is 40.5 Å². The molecule has 0 unspecified atom stereocenters. The van der Waals surface area contributed by atoms with E-state index in [9.17, 15) is 4.79 Å². The number of hydrogen-bond donors (Lipinski definition) is 1. The molecular weight excluding hydrogens is 216 g/mol. The van der Waals surface area contributed by atoms with Crippen molar-refractivity contribution in [2.75, 3.05) is 19.6 Å². The molecule has 1 amide bonds. The fourth-order valence-electron chi connectivity index (χ4n) is 2.92. The number of amides is 1. The van der Waals surface area contributed by atoms with Crippen LogP contribution in [-0.4, -0.2) is 41.6 Å². The average Bonchev–Trinajstić information content (AvgIpc) is 2.92. The Morgan fingerprint density at radius 1 is 1.18 bits per heavy atom. The summed E-state index contributed by atoms with van der Waals surface area (Å²) in [5.74, 6) is 0.226. The van der Waals surface area contributed by atoms with Crippen LogP contribution in [0.15, 0.2) is 0 Å². The van der Waals surface area contributed by atoms with Crippen molar-refractivity contribution in [3.63, 3.8) is 0 Å². The molecule has 0 atom stereocenters. The third kappa shape index (κ3) is 2.47. The van der Waals surface area contributed by atoms with Crippen LogP contribution < -0.4 is 5.73 Å². The van der Waals surface area contributed by atoms with Gasteiger partial charge in [-0.2, -0.15) is 0 Å². The van der Waals surface area contributed by atoms with Crippen molar-refractivity contribution in [3.8, 4) is 0 Å². The summed E-state index contributed by atoms with van der Waals surface area (Å²) in [5, 5.41) is 0. The van der Waals surface area contributed by atoms with Crippen molar-refractivity contribution >= 4 is 5.91 Å². The highest BCUT2D eigenvalue weighted by molar-refractivity contribution is 5.86. The summed E-state index contributed by atoms with van der Waals surface area (Å²) in [7, 11) is 0. The Balaban J connectivity index is 2.13. The molecule has 98 valence electrons. The number of hydrogen-bond acceptors (Lipinski definition) is 3. The molecule has 0 aromatic heterocycles. The van der Waals surface area contributed by atoms with Gasteiger partial charge in [0.2, 0.25) is 5.91 Å². The maximum atomic E-state index is 12.5. The third-order valence-electron chi connectivity index (χ3n) is 3.68. The first-order valence-corrected chi connectivity index (χ1v) is 6.39. The predicted octanol–water partition coefficient (Wildman–Crippen LogP) is 1.14. The van der Waals surface area contributed by atoms with Gasteiger partial charge in [-0.05, 0) is 40.5 Å². The van der Waals surface area contributed by atoms with Gasteiger partial charge in [0.25, 0.3) is 0 Å². The summed E-state index contributed by atoms with van der Waals surface area (Å²) in [6, 6.07) is 0. The van der Waals surface area contributed by atoms with E-state index in [0.29, 0.717) is 19.6 Å². The second-order valence-corrected chi connectivity index (χ2v) is 6.77. The first kappa shape index (κ1) is 12.8. The molecule has 1 saturated heterocycles. The summed E-state index contributed by atoms with van der Waals surface area (Å²) >= 11 is 0. The Morgan fingerprint density at radius 3 is 2.00 bits per heavy atom. The molecule has 0 aromatic carbocycles. The minimum absolute atomic E-state index is 0.226. The Bertz CT molecular complexity index is 316. The molecule has 0 bridgehead atoms. The fourth-order valence-corrected chi connectivity index (χ4v) is 2.92. The zero-order chi connectivity index (χ0) is 12.9. The number of ether oxygens (including phenoxy) is 1. The van der Waals surface area contributed by atoms with Crippen LogP contribution in [0.2, 0.25) is 0 Å². The first-order chi connectivity index (χ1) is 7.70. The number of rotatable bonds is 2. The van der Waals surface area contributed by atoms with Gasteiger partial charge in [0, 0.05) is 19.6 Å². The monoisotopic (exact) mass is 240 g/mol. The standard InChI is InChI=1S/C13H24N2O2/c1-11(2)8-15(9-12(3,4)17-11)10(16)13(7-14)5-6-13/h5-9,14H2,1-4H3. The van der Waals surface area contributed by atoms with Gasteiger partial charge in [0.1, 0.15) is 0 Å². The highest BCUT2D eigenvalue weighted by Crippen LogP contribution is 2.47. The Kier molecular flexibility index (Phi) is 2.79. The molecule has 17 heavy (non-hydrogen) atoms. The normalized spacial score (nSPS) is 28.9. The molecule has 1 aliphatic carbocycles. The molecule has 2 fully saturated rings. The molecule has 2 aliphatic rings. The number of carbonyl (C=O) groups excluding carboxylic acids is 1. The van der Waals surface area contributed by atoms with Crippen molar-refractivity contribution in [2.24, 2.45) is 11.1 Å². The van der Waals surface area contributed by atoms with Gasteiger partial charge >= 0.3 is 0 Å². The van der Waals surface area contributed by atoms with E-state index in [1.165, 1.54) is 0 Å². The van der Waals surface area contributed by atoms with E-state index in [1.54, 1.807) is 0 Å². The van der Waals surface area contributed by atoms with Gasteiger partial charge in [-0.3, -0.25) is 4.79 Å². The van der Waals surface area contributed by atoms with Gasteiger partial charge < -0.3 is 15.4 Å². The van der Waals surface area contributed by atoms with E-state index < -0.39 is 0 Å². The van der Waals surface area contributed by atoms with Crippen LogP contribution in [0.3, 0.4) is 0 Å². The number of morpholine rings is 1. The van der Waals surface area contributed by atoms with Crippen LogP contribution in [0.25, 0.3) is 0 Å². The zero-order valence-corrected chi connectivity index (χ0v) is 11.4. The quantitative estimate of drug-likeness (QED) is 0.787. The smallest absolute Gasteiger partial charge is 0.230 e. The Morgan fingerprint density at radius 2 is 1.65 bits per heavy atom.